The molecule has 0 bridgehead atoms. The number of hydrogen-bond acceptors (Lipinski definition) is 6. The Morgan fingerprint density at radius 3 is 2.50 bits per heavy atom. The molecule has 6 rings (SSSR count). The minimum absolute atomic E-state index is 0.244. The second kappa shape index (κ2) is 12.8. The molecule has 0 aliphatic carbocycles. The van der Waals surface area contributed by atoms with Crippen LogP contribution in [0.2, 0.25) is 5.02 Å². The quantitative estimate of drug-likeness (QED) is 0.227. The van der Waals surface area contributed by atoms with E-state index in [2.05, 4.69) is 5.32 Å². The molecule has 1 aromatic heterocycles. The molecule has 4 aromatic carbocycles. The summed E-state index contributed by atoms with van der Waals surface area (Å²) in [5.41, 5.74) is 3.87. The molecule has 1 atom stereocenters. The Kier molecular flexibility index (Phi) is 8.45. The Hall–Kier alpha value is -4.92. The van der Waals surface area contributed by atoms with Crippen LogP contribution in [-0.2, 0) is 11.4 Å². The smallest absolute Gasteiger partial charge is 0.271 e. The van der Waals surface area contributed by atoms with Gasteiger partial charge in [0.25, 0.3) is 11.5 Å². The van der Waals surface area contributed by atoms with Gasteiger partial charge in [-0.3, -0.25) is 14.2 Å². The number of nitrogens with zero attached hydrogens (tertiary/aromatic N) is 2. The Labute approximate surface area is 263 Å². The number of amides is 1. The molecule has 5 aromatic rings. The number of halogens is 1. The van der Waals surface area contributed by atoms with Crippen molar-refractivity contribution in [3.63, 3.8) is 0 Å². The summed E-state index contributed by atoms with van der Waals surface area (Å²) in [5.74, 6) is 0.967. The standard InChI is InChI=1S/C35H28ClN3O4S/c1-22-31(33(40)38-27-10-4-3-5-11-27)32(25-9-7-12-28(20-25)42-2)39-34(41)30(44-35(39)37-22)19-24-8-6-13-29(18-24)43-21-23-14-16-26(36)17-15-23/h3-20,32H,21H2,1-2H3,(H,38,40)/b30-19+/t32-/m0/s1. The fourth-order valence-electron chi connectivity index (χ4n) is 5.05. The van der Waals surface area contributed by atoms with Crippen LogP contribution in [0.25, 0.3) is 6.08 Å². The minimum Gasteiger partial charge on any atom is -0.497 e. The average molecular weight is 622 g/mol. The van der Waals surface area contributed by atoms with Gasteiger partial charge < -0.3 is 14.8 Å². The monoisotopic (exact) mass is 621 g/mol. The van der Waals surface area contributed by atoms with Crippen molar-refractivity contribution in [2.75, 3.05) is 12.4 Å². The zero-order chi connectivity index (χ0) is 30.6. The number of carbonyl (C=O) groups excluding carboxylic acids is 1. The van der Waals surface area contributed by atoms with Gasteiger partial charge in [-0.1, -0.05) is 77.5 Å². The van der Waals surface area contributed by atoms with Gasteiger partial charge in [0.2, 0.25) is 0 Å². The lowest BCUT2D eigenvalue weighted by atomic mass is 9.95. The van der Waals surface area contributed by atoms with Gasteiger partial charge in [0.1, 0.15) is 18.1 Å². The molecule has 0 fully saturated rings. The van der Waals surface area contributed by atoms with Gasteiger partial charge in [0.05, 0.1) is 29.0 Å². The van der Waals surface area contributed by atoms with Crippen molar-refractivity contribution in [3.05, 3.63) is 156 Å². The summed E-state index contributed by atoms with van der Waals surface area (Å²) in [6, 6.07) is 31.0. The lowest BCUT2D eigenvalue weighted by Crippen LogP contribution is -2.40. The number of methoxy groups -OCH3 is 1. The molecule has 9 heteroatoms. The summed E-state index contributed by atoms with van der Waals surface area (Å²) in [5, 5.41) is 3.64. The van der Waals surface area contributed by atoms with E-state index < -0.39 is 6.04 Å². The molecule has 0 spiro atoms. The maximum atomic E-state index is 14.1. The average Bonchev–Trinajstić information content (AvgIpc) is 3.34. The second-order valence-corrected chi connectivity index (χ2v) is 11.6. The molecule has 1 aliphatic rings. The second-order valence-electron chi connectivity index (χ2n) is 10.2. The highest BCUT2D eigenvalue weighted by Gasteiger charge is 2.32. The van der Waals surface area contributed by atoms with Crippen molar-refractivity contribution in [2.45, 2.75) is 19.6 Å². The van der Waals surface area contributed by atoms with Gasteiger partial charge in [-0.05, 0) is 78.2 Å². The third kappa shape index (κ3) is 6.22. The first-order valence-electron chi connectivity index (χ1n) is 13.9. The van der Waals surface area contributed by atoms with E-state index in [0.29, 0.717) is 49.4 Å². The molecule has 44 heavy (non-hydrogen) atoms. The van der Waals surface area contributed by atoms with E-state index in [4.69, 9.17) is 26.1 Å². The van der Waals surface area contributed by atoms with Crippen LogP contribution in [0.4, 0.5) is 5.69 Å². The van der Waals surface area contributed by atoms with Crippen LogP contribution in [0.15, 0.2) is 124 Å². The molecule has 1 N–H and O–H groups in total. The Balaban J connectivity index is 1.39. The molecular weight excluding hydrogens is 594 g/mol. The summed E-state index contributed by atoms with van der Waals surface area (Å²) in [4.78, 5) is 33.1. The summed E-state index contributed by atoms with van der Waals surface area (Å²) in [7, 11) is 1.59. The maximum absolute atomic E-state index is 14.1. The van der Waals surface area contributed by atoms with Crippen molar-refractivity contribution in [1.29, 1.82) is 0 Å². The van der Waals surface area contributed by atoms with Crippen molar-refractivity contribution in [2.24, 2.45) is 4.99 Å². The number of nitrogens with one attached hydrogen (secondary N) is 1. The number of carbonyl (C=O) groups is 1. The predicted molar refractivity (Wildman–Crippen MR) is 174 cm³/mol. The van der Waals surface area contributed by atoms with Crippen LogP contribution in [0.5, 0.6) is 11.5 Å². The first kappa shape index (κ1) is 29.2. The molecule has 0 saturated carbocycles. The normalized spacial score (nSPS) is 14.5. The van der Waals surface area contributed by atoms with E-state index in [9.17, 15) is 9.59 Å². The fraction of sp³-hybridized carbons (Fsp3) is 0.114. The molecule has 220 valence electrons. The number of benzene rings is 4. The van der Waals surface area contributed by atoms with Gasteiger partial charge in [-0.15, -0.1) is 0 Å². The molecule has 2 heterocycles. The largest absolute Gasteiger partial charge is 0.497 e. The van der Waals surface area contributed by atoms with Crippen LogP contribution in [0.3, 0.4) is 0 Å². The lowest BCUT2D eigenvalue weighted by molar-refractivity contribution is -0.113. The lowest BCUT2D eigenvalue weighted by Gasteiger charge is -2.25. The first-order valence-corrected chi connectivity index (χ1v) is 15.1. The summed E-state index contributed by atoms with van der Waals surface area (Å²) in [6.07, 6.45) is 1.82. The SMILES string of the molecule is COc1cccc([C@H]2C(C(=O)Nc3ccccc3)=C(C)N=c3s/c(=C/c4cccc(OCc5ccc(Cl)cc5)c4)c(=O)n32)c1. The van der Waals surface area contributed by atoms with Crippen LogP contribution >= 0.6 is 22.9 Å². The highest BCUT2D eigenvalue weighted by molar-refractivity contribution is 7.07. The topological polar surface area (TPSA) is 81.9 Å². The van der Waals surface area contributed by atoms with Crippen molar-refractivity contribution >= 4 is 40.6 Å². The zero-order valence-electron chi connectivity index (χ0n) is 24.0. The highest BCUT2D eigenvalue weighted by Crippen LogP contribution is 2.32. The summed E-state index contributed by atoms with van der Waals surface area (Å²) >= 11 is 7.27. The number of aromatic nitrogens is 1. The number of ether oxygens (including phenoxy) is 2. The van der Waals surface area contributed by atoms with Gasteiger partial charge in [-0.2, -0.15) is 0 Å². The zero-order valence-corrected chi connectivity index (χ0v) is 25.6. The molecule has 1 amide bonds. The van der Waals surface area contributed by atoms with Crippen molar-refractivity contribution in [1.82, 2.24) is 4.57 Å². The molecular formula is C35H28ClN3O4S. The molecule has 7 nitrogen and oxygen atoms in total. The first-order chi connectivity index (χ1) is 21.4. The van der Waals surface area contributed by atoms with E-state index >= 15 is 0 Å². The molecule has 1 aliphatic heterocycles. The number of thiazole rings is 1. The number of rotatable bonds is 8. The van der Waals surface area contributed by atoms with Crippen LogP contribution in [-0.4, -0.2) is 17.6 Å². The van der Waals surface area contributed by atoms with Gasteiger partial charge in [-0.25, -0.2) is 4.99 Å². The third-order valence-corrected chi connectivity index (χ3v) is 8.42. The summed E-state index contributed by atoms with van der Waals surface area (Å²) in [6.45, 7) is 2.18. The van der Waals surface area contributed by atoms with Crippen LogP contribution in [0, 0.1) is 0 Å². The van der Waals surface area contributed by atoms with Gasteiger partial charge in [0.15, 0.2) is 4.80 Å². The predicted octanol–water partition coefficient (Wildman–Crippen LogP) is 6.11. The van der Waals surface area contributed by atoms with E-state index in [1.54, 1.807) is 18.6 Å². The van der Waals surface area contributed by atoms with Crippen molar-refractivity contribution in [3.8, 4) is 11.5 Å². The maximum Gasteiger partial charge on any atom is 0.271 e. The minimum atomic E-state index is -0.707. The number of para-hydroxylation sites is 1. The Bertz CT molecular complexity index is 2050. The number of hydrogen-bond donors (Lipinski definition) is 1. The summed E-state index contributed by atoms with van der Waals surface area (Å²) < 4.78 is 13.6. The van der Waals surface area contributed by atoms with E-state index in [1.807, 2.05) is 109 Å². The van der Waals surface area contributed by atoms with Gasteiger partial charge >= 0.3 is 0 Å². The number of allylic oxidation sites excluding steroid dienone is 1. The van der Waals surface area contributed by atoms with E-state index in [-0.39, 0.29) is 11.5 Å². The number of fused-ring (bicyclic) bond motifs is 1. The third-order valence-electron chi connectivity index (χ3n) is 7.18. The molecule has 0 radical (unpaired) electrons. The fourth-order valence-corrected chi connectivity index (χ4v) is 6.22. The molecule has 0 saturated heterocycles. The number of anilines is 1. The Morgan fingerprint density at radius 2 is 1.73 bits per heavy atom. The van der Waals surface area contributed by atoms with Crippen LogP contribution in [0.1, 0.15) is 29.7 Å². The van der Waals surface area contributed by atoms with Gasteiger partial charge in [0, 0.05) is 10.7 Å². The molecule has 0 unspecified atom stereocenters. The van der Waals surface area contributed by atoms with E-state index in [1.165, 1.54) is 11.3 Å². The van der Waals surface area contributed by atoms with Crippen molar-refractivity contribution < 1.29 is 14.3 Å². The highest BCUT2D eigenvalue weighted by atomic mass is 35.5. The Morgan fingerprint density at radius 1 is 0.977 bits per heavy atom. The van der Waals surface area contributed by atoms with E-state index in [0.717, 1.165) is 16.7 Å². The van der Waals surface area contributed by atoms with Crippen LogP contribution < -0.4 is 29.7 Å².